The molecule has 0 saturated carbocycles. The molecule has 1 N–H and O–H groups in total. The molecule has 3 rings (SSSR count). The molecule has 122 valence electrons. The highest BCUT2D eigenvalue weighted by Crippen LogP contribution is 2.20. The molecule has 0 aliphatic rings. The molecular formula is C18H17N3O2S. The highest BCUT2D eigenvalue weighted by Gasteiger charge is 2.09. The van der Waals surface area contributed by atoms with Crippen LogP contribution in [-0.4, -0.2) is 35.8 Å². The minimum atomic E-state index is -0.164. The Kier molecular flexibility index (Phi) is 4.57. The number of hydrogen-bond donors (Lipinski definition) is 1. The lowest BCUT2D eigenvalue weighted by atomic mass is 10.1. The van der Waals surface area contributed by atoms with Crippen molar-refractivity contribution in [1.29, 1.82) is 0 Å². The molecular weight excluding hydrogens is 322 g/mol. The largest absolute Gasteiger partial charge is 0.349 e. The Balaban J connectivity index is 1.68. The van der Waals surface area contributed by atoms with Gasteiger partial charge in [0, 0.05) is 25.3 Å². The van der Waals surface area contributed by atoms with Gasteiger partial charge in [0.1, 0.15) is 0 Å². The highest BCUT2D eigenvalue weighted by molar-refractivity contribution is 7.16. The number of aromatic nitrogens is 1. The Labute approximate surface area is 143 Å². The van der Waals surface area contributed by atoms with Crippen molar-refractivity contribution in [1.82, 2.24) is 9.88 Å². The van der Waals surface area contributed by atoms with Crippen molar-refractivity contribution in [3.63, 3.8) is 0 Å². The van der Waals surface area contributed by atoms with Gasteiger partial charge in [0.15, 0.2) is 0 Å². The second-order valence-corrected chi connectivity index (χ2v) is 6.54. The molecule has 2 aromatic carbocycles. The molecule has 0 bridgehead atoms. The Hall–Kier alpha value is -2.73. The van der Waals surface area contributed by atoms with Gasteiger partial charge in [0.05, 0.1) is 22.1 Å². The third-order valence-corrected chi connectivity index (χ3v) is 4.45. The predicted octanol–water partition coefficient (Wildman–Crippen LogP) is 3.18. The summed E-state index contributed by atoms with van der Waals surface area (Å²) >= 11 is 1.51. The molecule has 6 heteroatoms. The zero-order valence-corrected chi connectivity index (χ0v) is 14.3. The summed E-state index contributed by atoms with van der Waals surface area (Å²) in [7, 11) is 3.47. The lowest BCUT2D eigenvalue weighted by Gasteiger charge is -2.10. The van der Waals surface area contributed by atoms with E-state index in [0.29, 0.717) is 17.7 Å². The molecule has 0 aliphatic carbocycles. The summed E-state index contributed by atoms with van der Waals surface area (Å²) in [6.07, 6.45) is 0.350. The van der Waals surface area contributed by atoms with E-state index in [1.807, 2.05) is 24.3 Å². The maximum Gasteiger partial charge on any atom is 0.255 e. The Morgan fingerprint density at radius 1 is 1.12 bits per heavy atom. The van der Waals surface area contributed by atoms with Crippen molar-refractivity contribution in [2.75, 3.05) is 19.4 Å². The number of nitrogens with zero attached hydrogens (tertiary/aromatic N) is 2. The first kappa shape index (κ1) is 16.1. The van der Waals surface area contributed by atoms with Gasteiger partial charge in [0.25, 0.3) is 5.91 Å². The third-order valence-electron chi connectivity index (χ3n) is 3.66. The number of hydrogen-bond acceptors (Lipinski definition) is 4. The van der Waals surface area contributed by atoms with Gasteiger partial charge in [-0.15, -0.1) is 11.3 Å². The highest BCUT2D eigenvalue weighted by atomic mass is 32.1. The fourth-order valence-electron chi connectivity index (χ4n) is 2.24. The van der Waals surface area contributed by atoms with Crippen LogP contribution in [0.25, 0.3) is 10.2 Å². The molecule has 0 aliphatic heterocycles. The quantitative estimate of drug-likeness (QED) is 0.794. The molecule has 2 amide bonds. The predicted molar refractivity (Wildman–Crippen MR) is 96.4 cm³/mol. The number of amides is 2. The zero-order chi connectivity index (χ0) is 17.1. The van der Waals surface area contributed by atoms with Gasteiger partial charge in [-0.25, -0.2) is 4.98 Å². The molecule has 0 radical (unpaired) electrons. The van der Waals surface area contributed by atoms with Crippen molar-refractivity contribution < 1.29 is 9.59 Å². The van der Waals surface area contributed by atoms with Crippen LogP contribution in [0.3, 0.4) is 0 Å². The number of rotatable bonds is 4. The smallest absolute Gasteiger partial charge is 0.255 e. The lowest BCUT2D eigenvalue weighted by molar-refractivity contribution is -0.127. The first-order chi connectivity index (χ1) is 11.5. The van der Waals surface area contributed by atoms with Gasteiger partial charge < -0.3 is 10.2 Å². The van der Waals surface area contributed by atoms with E-state index in [-0.39, 0.29) is 11.8 Å². The Morgan fingerprint density at radius 3 is 2.58 bits per heavy atom. The summed E-state index contributed by atoms with van der Waals surface area (Å²) in [6.45, 7) is 0. The zero-order valence-electron chi connectivity index (χ0n) is 13.4. The van der Waals surface area contributed by atoms with Crippen LogP contribution < -0.4 is 5.32 Å². The minimum Gasteiger partial charge on any atom is -0.349 e. The SMILES string of the molecule is CN(C)C(=O)Cc1ccc(NC(=O)c2ccc3ncsc3c2)cc1. The summed E-state index contributed by atoms with van der Waals surface area (Å²) in [5, 5.41) is 2.87. The molecule has 0 spiro atoms. The maximum absolute atomic E-state index is 12.3. The lowest BCUT2D eigenvalue weighted by Crippen LogP contribution is -2.23. The molecule has 0 fully saturated rings. The normalized spacial score (nSPS) is 10.6. The van der Waals surface area contributed by atoms with Crippen LogP contribution in [0.15, 0.2) is 48.0 Å². The molecule has 0 saturated heterocycles. The molecule has 0 atom stereocenters. The fraction of sp³-hybridized carbons (Fsp3) is 0.167. The standard InChI is InChI=1S/C18H17N3O2S/c1-21(2)17(22)9-12-3-6-14(7-4-12)20-18(23)13-5-8-15-16(10-13)24-11-19-15/h3-8,10-11H,9H2,1-2H3,(H,20,23). The molecule has 1 aromatic heterocycles. The monoisotopic (exact) mass is 339 g/mol. The average Bonchev–Trinajstić information content (AvgIpc) is 3.04. The summed E-state index contributed by atoms with van der Waals surface area (Å²) in [5.41, 5.74) is 4.87. The maximum atomic E-state index is 12.3. The number of carbonyl (C=O) groups is 2. The van der Waals surface area contributed by atoms with Gasteiger partial charge in [0.2, 0.25) is 5.91 Å². The van der Waals surface area contributed by atoms with Gasteiger partial charge in [-0.2, -0.15) is 0 Å². The van der Waals surface area contributed by atoms with Crippen LogP contribution in [0.2, 0.25) is 0 Å². The van der Waals surface area contributed by atoms with Crippen LogP contribution in [0, 0.1) is 0 Å². The van der Waals surface area contributed by atoms with E-state index < -0.39 is 0 Å². The van der Waals surface area contributed by atoms with Crippen LogP contribution >= 0.6 is 11.3 Å². The topological polar surface area (TPSA) is 62.3 Å². The molecule has 3 aromatic rings. The first-order valence-electron chi connectivity index (χ1n) is 7.46. The van der Waals surface area contributed by atoms with E-state index in [4.69, 9.17) is 0 Å². The average molecular weight is 339 g/mol. The van der Waals surface area contributed by atoms with Crippen LogP contribution in [0.5, 0.6) is 0 Å². The van der Waals surface area contributed by atoms with Crippen molar-refractivity contribution in [3.8, 4) is 0 Å². The van der Waals surface area contributed by atoms with Crippen LogP contribution in [0.1, 0.15) is 15.9 Å². The molecule has 1 heterocycles. The van der Waals surface area contributed by atoms with Crippen LogP contribution in [-0.2, 0) is 11.2 Å². The number of likely N-dealkylation sites (N-methyl/N-ethyl adjacent to an activating group) is 1. The molecule has 0 unspecified atom stereocenters. The summed E-state index contributed by atoms with van der Waals surface area (Å²) in [5.74, 6) is -0.118. The van der Waals surface area contributed by atoms with E-state index in [1.165, 1.54) is 11.3 Å². The van der Waals surface area contributed by atoms with Gasteiger partial charge in [-0.3, -0.25) is 9.59 Å². The minimum absolute atomic E-state index is 0.0460. The summed E-state index contributed by atoms with van der Waals surface area (Å²) < 4.78 is 0.986. The van der Waals surface area contributed by atoms with Gasteiger partial charge in [-0.1, -0.05) is 12.1 Å². The first-order valence-corrected chi connectivity index (χ1v) is 8.34. The van der Waals surface area contributed by atoms with Gasteiger partial charge in [-0.05, 0) is 35.9 Å². The van der Waals surface area contributed by atoms with Crippen molar-refractivity contribution in [2.24, 2.45) is 0 Å². The number of fused-ring (bicyclic) bond motifs is 1. The fourth-order valence-corrected chi connectivity index (χ4v) is 2.95. The Morgan fingerprint density at radius 2 is 1.88 bits per heavy atom. The van der Waals surface area contributed by atoms with E-state index in [2.05, 4.69) is 10.3 Å². The van der Waals surface area contributed by atoms with E-state index in [1.54, 1.807) is 42.7 Å². The number of benzene rings is 2. The van der Waals surface area contributed by atoms with E-state index >= 15 is 0 Å². The van der Waals surface area contributed by atoms with Crippen molar-refractivity contribution in [3.05, 3.63) is 59.1 Å². The number of thiazole rings is 1. The van der Waals surface area contributed by atoms with Crippen molar-refractivity contribution in [2.45, 2.75) is 6.42 Å². The third kappa shape index (κ3) is 3.60. The number of nitrogens with one attached hydrogen (secondary N) is 1. The number of anilines is 1. The van der Waals surface area contributed by atoms with E-state index in [9.17, 15) is 9.59 Å². The Bertz CT molecular complexity index is 885. The summed E-state index contributed by atoms with van der Waals surface area (Å²) in [4.78, 5) is 29.8. The summed E-state index contributed by atoms with van der Waals surface area (Å²) in [6, 6.07) is 12.8. The number of carbonyl (C=O) groups excluding carboxylic acids is 2. The molecule has 5 nitrogen and oxygen atoms in total. The van der Waals surface area contributed by atoms with E-state index in [0.717, 1.165) is 15.8 Å². The second kappa shape index (κ2) is 6.80. The van der Waals surface area contributed by atoms with Crippen LogP contribution in [0.4, 0.5) is 5.69 Å². The van der Waals surface area contributed by atoms with Gasteiger partial charge >= 0.3 is 0 Å². The van der Waals surface area contributed by atoms with Crippen molar-refractivity contribution >= 4 is 39.1 Å². The second-order valence-electron chi connectivity index (χ2n) is 5.65. The molecule has 24 heavy (non-hydrogen) atoms.